The Hall–Kier alpha value is -2.71. The number of aliphatic hydroxyl groups is 1. The number of hydrogen-bond acceptors (Lipinski definition) is 6. The molecule has 1 aliphatic carbocycles. The number of carbonyl (C=O) groups excluding carboxylic acids is 1. The molecule has 0 saturated carbocycles. The fourth-order valence-corrected chi connectivity index (χ4v) is 5.31. The summed E-state index contributed by atoms with van der Waals surface area (Å²) in [6, 6.07) is 1.74. The van der Waals surface area contributed by atoms with Gasteiger partial charge in [-0.05, 0) is 75.2 Å². The van der Waals surface area contributed by atoms with Gasteiger partial charge in [0.25, 0.3) is 5.91 Å². The third kappa shape index (κ3) is 5.65. The van der Waals surface area contributed by atoms with Crippen molar-refractivity contribution in [1.82, 2.24) is 9.88 Å². The van der Waals surface area contributed by atoms with E-state index in [1.807, 2.05) is 6.92 Å². The van der Waals surface area contributed by atoms with Crippen molar-refractivity contribution in [3.8, 4) is 5.75 Å². The zero-order valence-electron chi connectivity index (χ0n) is 21.6. The molecule has 1 aromatic rings. The Labute approximate surface area is 213 Å². The van der Waals surface area contributed by atoms with Crippen LogP contribution < -0.4 is 9.64 Å². The summed E-state index contributed by atoms with van der Waals surface area (Å²) >= 11 is 0. The minimum atomic E-state index is -1.21. The number of nitrogens with zero attached hydrogens (tertiary/aromatic N) is 3. The van der Waals surface area contributed by atoms with Gasteiger partial charge in [0.2, 0.25) is 0 Å². The zero-order valence-corrected chi connectivity index (χ0v) is 21.6. The molecule has 0 bridgehead atoms. The molecule has 7 nitrogen and oxygen atoms in total. The van der Waals surface area contributed by atoms with Crippen LogP contribution in [0.3, 0.4) is 0 Å². The molecule has 2 unspecified atom stereocenters. The van der Waals surface area contributed by atoms with Gasteiger partial charge < -0.3 is 24.4 Å². The number of piperidine rings is 1. The van der Waals surface area contributed by atoms with Gasteiger partial charge in [0.1, 0.15) is 12.3 Å². The predicted octanol–water partition coefficient (Wildman–Crippen LogP) is 4.44. The Kier molecular flexibility index (Phi) is 8.15. The summed E-state index contributed by atoms with van der Waals surface area (Å²) in [5.74, 6) is 1.24. The number of rotatable bonds is 7. The molecule has 1 amide bonds. The summed E-state index contributed by atoms with van der Waals surface area (Å²) in [6.45, 7) is 10.1. The van der Waals surface area contributed by atoms with Crippen molar-refractivity contribution in [2.24, 2.45) is 5.92 Å². The Morgan fingerprint density at radius 2 is 2.14 bits per heavy atom. The maximum atomic E-state index is 14.2. The first kappa shape index (κ1) is 26.4. The second kappa shape index (κ2) is 11.1. The summed E-state index contributed by atoms with van der Waals surface area (Å²) in [5.41, 5.74) is 2.18. The number of carbonyl (C=O) groups is 1. The lowest BCUT2D eigenvalue weighted by atomic mass is 9.79. The van der Waals surface area contributed by atoms with Gasteiger partial charge in [-0.3, -0.25) is 4.79 Å². The SMILES string of the molecule is C=CC1=C(/C=C(\C)N2CCOc3cc(C(=O)N4CCC(C)(F)CC4)cnc32)CCC(CCOC)C1O. The molecule has 1 N–H and O–H groups in total. The molecule has 0 aromatic carbocycles. The molecule has 4 rings (SSSR count). The van der Waals surface area contributed by atoms with Crippen molar-refractivity contribution < 1.29 is 23.8 Å². The molecule has 1 aromatic heterocycles. The molecule has 2 atom stereocenters. The normalized spacial score (nSPS) is 24.3. The lowest BCUT2D eigenvalue weighted by Gasteiger charge is -2.35. The molecule has 3 aliphatic rings. The molecule has 196 valence electrons. The van der Waals surface area contributed by atoms with E-state index in [1.165, 1.54) is 0 Å². The highest BCUT2D eigenvalue weighted by atomic mass is 19.1. The van der Waals surface area contributed by atoms with Crippen LogP contribution in [0.2, 0.25) is 0 Å². The molecular weight excluding hydrogens is 461 g/mol. The summed E-state index contributed by atoms with van der Waals surface area (Å²) in [4.78, 5) is 21.4. The van der Waals surface area contributed by atoms with E-state index in [4.69, 9.17) is 9.47 Å². The number of ether oxygens (including phenoxy) is 2. The number of hydrogen-bond donors (Lipinski definition) is 1. The van der Waals surface area contributed by atoms with E-state index in [1.54, 1.807) is 37.3 Å². The van der Waals surface area contributed by atoms with Crippen molar-refractivity contribution >= 4 is 11.7 Å². The largest absolute Gasteiger partial charge is 0.488 e. The van der Waals surface area contributed by atoms with Crippen LogP contribution in [0.15, 0.2) is 47.8 Å². The smallest absolute Gasteiger partial charge is 0.255 e. The topological polar surface area (TPSA) is 75.1 Å². The minimum absolute atomic E-state index is 0.145. The fourth-order valence-electron chi connectivity index (χ4n) is 5.31. The van der Waals surface area contributed by atoms with Crippen molar-refractivity contribution in [2.45, 2.75) is 57.7 Å². The highest BCUT2D eigenvalue weighted by Gasteiger charge is 2.33. The quantitative estimate of drug-likeness (QED) is 0.598. The Bertz CT molecular complexity index is 1040. The van der Waals surface area contributed by atoms with E-state index in [0.717, 1.165) is 36.1 Å². The van der Waals surface area contributed by atoms with Gasteiger partial charge in [0, 0.05) is 38.7 Å². The van der Waals surface area contributed by atoms with Gasteiger partial charge in [-0.25, -0.2) is 9.37 Å². The monoisotopic (exact) mass is 499 g/mol. The first-order chi connectivity index (χ1) is 17.2. The zero-order chi connectivity index (χ0) is 25.9. The Morgan fingerprint density at radius 3 is 2.83 bits per heavy atom. The van der Waals surface area contributed by atoms with Crippen molar-refractivity contribution in [1.29, 1.82) is 0 Å². The number of halogens is 1. The molecule has 0 spiro atoms. The van der Waals surface area contributed by atoms with Crippen LogP contribution in [0.1, 0.15) is 56.3 Å². The summed E-state index contributed by atoms with van der Waals surface area (Å²) in [6.07, 6.45) is 8.14. The fraction of sp³-hybridized carbons (Fsp3) is 0.571. The number of likely N-dealkylation sites (tertiary alicyclic amines) is 1. The molecule has 3 heterocycles. The Balaban J connectivity index is 1.53. The molecule has 2 aliphatic heterocycles. The molecule has 1 saturated heterocycles. The lowest BCUT2D eigenvalue weighted by molar-refractivity contribution is 0.0503. The summed E-state index contributed by atoms with van der Waals surface area (Å²) in [5, 5.41) is 10.9. The third-order valence-electron chi connectivity index (χ3n) is 7.64. The van der Waals surface area contributed by atoms with Crippen LogP contribution in [0, 0.1) is 5.92 Å². The van der Waals surface area contributed by atoms with Crippen LogP contribution in [0.25, 0.3) is 0 Å². The minimum Gasteiger partial charge on any atom is -0.488 e. The number of pyridine rings is 1. The molecule has 0 radical (unpaired) electrons. The van der Waals surface area contributed by atoms with E-state index >= 15 is 0 Å². The molecular formula is C28H38FN3O4. The summed E-state index contributed by atoms with van der Waals surface area (Å²) in [7, 11) is 1.68. The highest BCUT2D eigenvalue weighted by molar-refractivity contribution is 5.95. The van der Waals surface area contributed by atoms with Gasteiger partial charge in [-0.1, -0.05) is 12.7 Å². The third-order valence-corrected chi connectivity index (χ3v) is 7.64. The van der Waals surface area contributed by atoms with E-state index in [0.29, 0.717) is 62.8 Å². The standard InChI is InChI=1S/C28H38FN3O4/c1-5-23-21(7-6-20(25(23)33)8-14-35-4)16-19(2)32-13-15-36-24-17-22(18-30-26(24)32)27(34)31-11-9-28(3,29)10-12-31/h5,16-18,20,25,33H,1,6-15H2,2-4H3/b19-16+. The van der Waals surface area contributed by atoms with E-state index in [-0.39, 0.29) is 11.8 Å². The number of alkyl halides is 1. The van der Waals surface area contributed by atoms with Crippen LogP contribution in [0.4, 0.5) is 10.2 Å². The van der Waals surface area contributed by atoms with Gasteiger partial charge in [-0.2, -0.15) is 0 Å². The van der Waals surface area contributed by atoms with Crippen LogP contribution >= 0.6 is 0 Å². The molecule has 36 heavy (non-hydrogen) atoms. The highest BCUT2D eigenvalue weighted by Crippen LogP contribution is 2.37. The molecule has 1 fully saturated rings. The van der Waals surface area contributed by atoms with Crippen molar-refractivity contribution in [2.75, 3.05) is 44.9 Å². The van der Waals surface area contributed by atoms with Crippen molar-refractivity contribution in [3.05, 3.63) is 53.4 Å². The number of anilines is 1. The second-order valence-electron chi connectivity index (χ2n) is 10.2. The second-order valence-corrected chi connectivity index (χ2v) is 10.2. The first-order valence-corrected chi connectivity index (χ1v) is 12.8. The van der Waals surface area contributed by atoms with Gasteiger partial charge in [-0.15, -0.1) is 0 Å². The van der Waals surface area contributed by atoms with Crippen LogP contribution in [-0.4, -0.2) is 72.6 Å². The van der Waals surface area contributed by atoms with Crippen molar-refractivity contribution in [3.63, 3.8) is 0 Å². The maximum absolute atomic E-state index is 14.2. The van der Waals surface area contributed by atoms with Gasteiger partial charge in [0.05, 0.1) is 18.2 Å². The average molecular weight is 500 g/mol. The molecule has 8 heteroatoms. The van der Waals surface area contributed by atoms with Crippen LogP contribution in [-0.2, 0) is 4.74 Å². The average Bonchev–Trinajstić information content (AvgIpc) is 2.87. The van der Waals surface area contributed by atoms with Gasteiger partial charge in [0.15, 0.2) is 11.6 Å². The predicted molar refractivity (Wildman–Crippen MR) is 138 cm³/mol. The first-order valence-electron chi connectivity index (χ1n) is 12.8. The number of fused-ring (bicyclic) bond motifs is 1. The summed E-state index contributed by atoms with van der Waals surface area (Å²) < 4.78 is 25.2. The van der Waals surface area contributed by atoms with Crippen LogP contribution in [0.5, 0.6) is 5.75 Å². The van der Waals surface area contributed by atoms with E-state index < -0.39 is 11.8 Å². The maximum Gasteiger partial charge on any atom is 0.255 e. The van der Waals surface area contributed by atoms with E-state index in [2.05, 4.69) is 22.5 Å². The number of aromatic nitrogens is 1. The number of aliphatic hydroxyl groups excluding tert-OH is 1. The lowest BCUT2D eigenvalue weighted by Crippen LogP contribution is -2.43. The Morgan fingerprint density at radius 1 is 1.39 bits per heavy atom. The number of allylic oxidation sites excluding steroid dienone is 3. The van der Waals surface area contributed by atoms with Gasteiger partial charge >= 0.3 is 0 Å². The van der Waals surface area contributed by atoms with E-state index in [9.17, 15) is 14.3 Å². The number of amides is 1. The number of methoxy groups -OCH3 is 1.